The molecule has 4 aliphatic carbocycles. The third kappa shape index (κ3) is 1.62. The topological polar surface area (TPSA) is 34.1 Å². The first-order valence-corrected chi connectivity index (χ1v) is 8.81. The number of ketones is 2. The molecule has 2 bridgehead atoms. The predicted molar refractivity (Wildman–Crippen MR) is 103 cm³/mol. The molecule has 4 aliphatic rings. The van der Waals surface area contributed by atoms with Crippen LogP contribution in [0.25, 0.3) is 30.4 Å². The molecule has 26 heavy (non-hydrogen) atoms. The van der Waals surface area contributed by atoms with Crippen molar-refractivity contribution < 1.29 is 9.59 Å². The average Bonchev–Trinajstić information content (AvgIpc) is 2.64. The van der Waals surface area contributed by atoms with Gasteiger partial charge in [0.05, 0.1) is 0 Å². The van der Waals surface area contributed by atoms with Crippen molar-refractivity contribution in [1.82, 2.24) is 0 Å². The molecule has 0 saturated heterocycles. The van der Waals surface area contributed by atoms with Crippen molar-refractivity contribution in [2.24, 2.45) is 0 Å². The minimum Gasteiger partial charge on any atom is -0.294 e. The van der Waals surface area contributed by atoms with Crippen LogP contribution in [-0.4, -0.2) is 11.6 Å². The van der Waals surface area contributed by atoms with E-state index in [1.54, 1.807) is 12.2 Å². The summed E-state index contributed by atoms with van der Waals surface area (Å²) in [4.78, 5) is 24.8. The Hall–Kier alpha value is -3.26. The molecule has 0 saturated carbocycles. The molecule has 0 aromatic heterocycles. The van der Waals surface area contributed by atoms with Gasteiger partial charge in [-0.2, -0.15) is 0 Å². The molecule has 0 N–H and O–H groups in total. The molecule has 0 fully saturated rings. The van der Waals surface area contributed by atoms with Gasteiger partial charge in [0.1, 0.15) is 5.41 Å². The number of hydrogen-bond acceptors (Lipinski definition) is 2. The van der Waals surface area contributed by atoms with E-state index >= 15 is 0 Å². The van der Waals surface area contributed by atoms with Crippen LogP contribution in [0, 0.1) is 0 Å². The molecule has 1 unspecified atom stereocenters. The number of benzene rings is 2. The summed E-state index contributed by atoms with van der Waals surface area (Å²) in [5.41, 5.74) is 5.74. The molecule has 2 aromatic rings. The van der Waals surface area contributed by atoms with E-state index in [1.807, 2.05) is 12.2 Å². The summed E-state index contributed by atoms with van der Waals surface area (Å²) in [6.45, 7) is 0. The van der Waals surface area contributed by atoms with Crippen LogP contribution in [0.1, 0.15) is 27.8 Å². The molecule has 2 heteroatoms. The Morgan fingerprint density at radius 1 is 0.808 bits per heavy atom. The first-order valence-electron chi connectivity index (χ1n) is 8.81. The number of hydrogen-bond donors (Lipinski definition) is 0. The van der Waals surface area contributed by atoms with E-state index < -0.39 is 5.41 Å². The van der Waals surface area contributed by atoms with Gasteiger partial charge in [-0.1, -0.05) is 42.5 Å². The van der Waals surface area contributed by atoms with Crippen molar-refractivity contribution >= 4 is 41.9 Å². The Morgan fingerprint density at radius 3 is 2.62 bits per heavy atom. The van der Waals surface area contributed by atoms with Gasteiger partial charge in [-0.15, -0.1) is 0 Å². The van der Waals surface area contributed by atoms with Crippen molar-refractivity contribution in [2.45, 2.75) is 11.8 Å². The van der Waals surface area contributed by atoms with Crippen LogP contribution in [-0.2, 0) is 21.4 Å². The Balaban J connectivity index is 1.72. The fourth-order valence-corrected chi connectivity index (χ4v) is 4.65. The Morgan fingerprint density at radius 2 is 1.69 bits per heavy atom. The molecule has 0 amide bonds. The minimum absolute atomic E-state index is 0.110. The van der Waals surface area contributed by atoms with Crippen LogP contribution in [0.4, 0.5) is 0 Å². The van der Waals surface area contributed by atoms with Crippen molar-refractivity contribution in [2.75, 3.05) is 0 Å². The van der Waals surface area contributed by atoms with Gasteiger partial charge in [-0.05, 0) is 74.2 Å². The fraction of sp³-hybridized carbons (Fsp3) is 0.0833. The third-order valence-electron chi connectivity index (χ3n) is 5.92. The molecule has 2 nitrogen and oxygen atoms in total. The maximum absolute atomic E-state index is 13.1. The molecule has 2 aromatic carbocycles. The highest BCUT2D eigenvalue weighted by Crippen LogP contribution is 2.46. The van der Waals surface area contributed by atoms with E-state index in [0.717, 1.165) is 43.8 Å². The van der Waals surface area contributed by atoms with Crippen LogP contribution < -0.4 is 10.4 Å². The lowest BCUT2D eigenvalue weighted by atomic mass is 9.62. The summed E-state index contributed by atoms with van der Waals surface area (Å²) in [6, 6.07) is 10.5. The second kappa shape index (κ2) is 4.47. The largest absolute Gasteiger partial charge is 0.294 e. The third-order valence-corrected chi connectivity index (χ3v) is 5.92. The van der Waals surface area contributed by atoms with Crippen molar-refractivity contribution in [1.29, 1.82) is 0 Å². The summed E-state index contributed by atoms with van der Waals surface area (Å²) < 4.78 is 0. The van der Waals surface area contributed by atoms with Crippen LogP contribution in [0.15, 0.2) is 48.1 Å². The molecule has 0 aliphatic heterocycles. The smallest absolute Gasteiger partial charge is 0.174 e. The van der Waals surface area contributed by atoms with Crippen molar-refractivity contribution in [3.8, 4) is 0 Å². The van der Waals surface area contributed by atoms with E-state index in [1.165, 1.54) is 0 Å². The molecule has 122 valence electrons. The minimum atomic E-state index is -0.715. The normalized spacial score (nSPS) is 23.3. The predicted octanol–water partition coefficient (Wildman–Crippen LogP) is 2.33. The van der Waals surface area contributed by atoms with Crippen LogP contribution in [0.3, 0.4) is 0 Å². The van der Waals surface area contributed by atoms with Gasteiger partial charge in [-0.25, -0.2) is 0 Å². The van der Waals surface area contributed by atoms with Gasteiger partial charge in [0.25, 0.3) is 0 Å². The monoisotopic (exact) mass is 334 g/mol. The second-order valence-electron chi connectivity index (χ2n) is 7.40. The molecule has 0 heterocycles. The second-order valence-corrected chi connectivity index (χ2v) is 7.40. The van der Waals surface area contributed by atoms with E-state index in [9.17, 15) is 9.59 Å². The molecule has 1 spiro atoms. The van der Waals surface area contributed by atoms with Gasteiger partial charge in [0.2, 0.25) is 0 Å². The quantitative estimate of drug-likeness (QED) is 0.741. The highest BCUT2D eigenvalue weighted by Gasteiger charge is 2.45. The fourth-order valence-electron chi connectivity index (χ4n) is 4.65. The zero-order chi connectivity index (χ0) is 17.5. The van der Waals surface area contributed by atoms with E-state index in [4.69, 9.17) is 0 Å². The van der Waals surface area contributed by atoms with Gasteiger partial charge in [-0.3, -0.25) is 9.59 Å². The van der Waals surface area contributed by atoms with Crippen LogP contribution >= 0.6 is 0 Å². The highest BCUT2D eigenvalue weighted by molar-refractivity contribution is 6.15. The van der Waals surface area contributed by atoms with Gasteiger partial charge in [0.15, 0.2) is 11.6 Å². The number of fused-ring (bicyclic) bond motifs is 3. The maximum Gasteiger partial charge on any atom is 0.174 e. The summed E-state index contributed by atoms with van der Waals surface area (Å²) in [5.74, 6) is 0.247. The standard InChI is InChI=1S/C24H14O2/c25-21-5-3-16-9-19-13-24-20(11-17(19)10-18(16)12-21)7-14-1-2-15(22(24)8-14)4-6-23(24)26/h1-11,13H,12H2. The van der Waals surface area contributed by atoms with E-state index in [-0.39, 0.29) is 11.6 Å². The van der Waals surface area contributed by atoms with Gasteiger partial charge < -0.3 is 0 Å². The zero-order valence-corrected chi connectivity index (χ0v) is 14.0. The van der Waals surface area contributed by atoms with Crippen molar-refractivity contribution in [3.05, 3.63) is 86.3 Å². The lowest BCUT2D eigenvalue weighted by molar-refractivity contribution is -0.117. The summed E-state index contributed by atoms with van der Waals surface area (Å²) in [5, 5.41) is 2.14. The lowest BCUT2D eigenvalue weighted by Crippen LogP contribution is -2.45. The van der Waals surface area contributed by atoms with Crippen molar-refractivity contribution in [3.63, 3.8) is 0 Å². The number of allylic oxidation sites excluding steroid dienone is 3. The summed E-state index contributed by atoms with van der Waals surface area (Å²) >= 11 is 0. The Bertz CT molecular complexity index is 1280. The number of rotatable bonds is 0. The first kappa shape index (κ1) is 14.0. The SMILES string of the molecule is O=C1C=Cc2cc3c(cc2C1)=CC1=Cc2ccc4c(c2)C1(C=3)C(=O)C=C4. The van der Waals surface area contributed by atoms with Gasteiger partial charge >= 0.3 is 0 Å². The maximum atomic E-state index is 13.1. The lowest BCUT2D eigenvalue weighted by Gasteiger charge is -2.38. The average molecular weight is 334 g/mol. The van der Waals surface area contributed by atoms with E-state index in [0.29, 0.717) is 6.42 Å². The van der Waals surface area contributed by atoms with Gasteiger partial charge in [0, 0.05) is 6.42 Å². The molecular formula is C24H14O2. The Kier molecular flexibility index (Phi) is 2.40. The molecule has 6 rings (SSSR count). The van der Waals surface area contributed by atoms with Crippen LogP contribution in [0.5, 0.6) is 0 Å². The highest BCUT2D eigenvalue weighted by atomic mass is 16.1. The molecule has 0 radical (unpaired) electrons. The summed E-state index contributed by atoms with van der Waals surface area (Å²) in [7, 11) is 0. The summed E-state index contributed by atoms with van der Waals surface area (Å²) in [6.07, 6.45) is 13.9. The molecular weight excluding hydrogens is 320 g/mol. The molecule has 1 atom stereocenters. The van der Waals surface area contributed by atoms with E-state index in [2.05, 4.69) is 48.6 Å². The zero-order valence-electron chi connectivity index (χ0n) is 14.0. The number of carbonyl (C=O) groups is 2. The Labute approximate surface area is 150 Å². The first-order chi connectivity index (χ1) is 12.6. The van der Waals surface area contributed by atoms with Crippen LogP contribution in [0.2, 0.25) is 0 Å². The number of carbonyl (C=O) groups excluding carboxylic acids is 2.